The molecular formula is C20H30IN5S. The second kappa shape index (κ2) is 11.0. The van der Waals surface area contributed by atoms with Crippen LogP contribution in [0.2, 0.25) is 0 Å². The molecule has 0 saturated carbocycles. The molecule has 2 aromatic rings. The first kappa shape index (κ1) is 22.1. The van der Waals surface area contributed by atoms with Crippen molar-refractivity contribution in [3.8, 4) is 0 Å². The molecular weight excluding hydrogens is 469 g/mol. The maximum absolute atomic E-state index is 4.87. The molecule has 3 rings (SSSR count). The van der Waals surface area contributed by atoms with Gasteiger partial charge in [0, 0.05) is 44.1 Å². The molecule has 1 aromatic heterocycles. The summed E-state index contributed by atoms with van der Waals surface area (Å²) in [5, 5.41) is 4.57. The molecule has 1 fully saturated rings. The fourth-order valence-electron chi connectivity index (χ4n) is 3.25. The third-order valence-corrected chi connectivity index (χ3v) is 5.69. The number of piperazine rings is 1. The smallest absolute Gasteiger partial charge is 0.194 e. The number of aryl methyl sites for hydroxylation is 2. The Morgan fingerprint density at radius 1 is 1.15 bits per heavy atom. The maximum Gasteiger partial charge on any atom is 0.194 e. The Balaban J connectivity index is 0.00000261. The van der Waals surface area contributed by atoms with E-state index in [1.165, 1.54) is 10.4 Å². The van der Waals surface area contributed by atoms with E-state index >= 15 is 0 Å². The van der Waals surface area contributed by atoms with Gasteiger partial charge in [0.1, 0.15) is 0 Å². The average molecular weight is 499 g/mol. The van der Waals surface area contributed by atoms with Crippen LogP contribution in [0.4, 0.5) is 0 Å². The predicted octanol–water partition coefficient (Wildman–Crippen LogP) is 3.66. The van der Waals surface area contributed by atoms with Crippen LogP contribution in [0.15, 0.2) is 35.3 Å². The topological polar surface area (TPSA) is 43.8 Å². The van der Waals surface area contributed by atoms with Gasteiger partial charge in [-0.15, -0.1) is 35.3 Å². The molecule has 148 valence electrons. The molecule has 2 heterocycles. The highest BCUT2D eigenvalue weighted by molar-refractivity contribution is 14.0. The number of thiazole rings is 1. The zero-order chi connectivity index (χ0) is 18.4. The molecule has 1 aromatic carbocycles. The van der Waals surface area contributed by atoms with Crippen LogP contribution >= 0.6 is 35.3 Å². The van der Waals surface area contributed by atoms with Crippen LogP contribution < -0.4 is 5.32 Å². The van der Waals surface area contributed by atoms with E-state index in [4.69, 9.17) is 4.99 Å². The van der Waals surface area contributed by atoms with Crippen molar-refractivity contribution in [1.29, 1.82) is 0 Å². The Morgan fingerprint density at radius 3 is 2.44 bits per heavy atom. The number of guanidine groups is 1. The molecule has 0 radical (unpaired) electrons. The number of nitrogens with one attached hydrogen (secondary N) is 1. The molecule has 1 saturated heterocycles. The minimum atomic E-state index is 0. The Bertz CT molecular complexity index is 723. The van der Waals surface area contributed by atoms with Gasteiger partial charge in [-0.05, 0) is 26.3 Å². The van der Waals surface area contributed by atoms with Crippen LogP contribution in [0, 0.1) is 13.8 Å². The van der Waals surface area contributed by atoms with Crippen molar-refractivity contribution >= 4 is 41.3 Å². The lowest BCUT2D eigenvalue weighted by molar-refractivity contribution is 0.172. The van der Waals surface area contributed by atoms with Crippen molar-refractivity contribution in [2.24, 2.45) is 4.99 Å². The first-order valence-corrected chi connectivity index (χ1v) is 10.2. The summed E-state index contributed by atoms with van der Waals surface area (Å²) in [5.41, 5.74) is 2.50. The van der Waals surface area contributed by atoms with Crippen molar-refractivity contribution < 1.29 is 0 Å². The van der Waals surface area contributed by atoms with Gasteiger partial charge in [-0.25, -0.2) is 9.98 Å². The number of halogens is 1. The van der Waals surface area contributed by atoms with Gasteiger partial charge in [-0.1, -0.05) is 30.3 Å². The van der Waals surface area contributed by atoms with Crippen LogP contribution in [0.5, 0.6) is 0 Å². The lowest BCUT2D eigenvalue weighted by atomic mass is 10.2. The summed E-state index contributed by atoms with van der Waals surface area (Å²) >= 11 is 1.75. The molecule has 0 bridgehead atoms. The van der Waals surface area contributed by atoms with Crippen LogP contribution in [0.3, 0.4) is 0 Å². The quantitative estimate of drug-likeness (QED) is 0.388. The van der Waals surface area contributed by atoms with Crippen molar-refractivity contribution in [3.05, 3.63) is 51.5 Å². The van der Waals surface area contributed by atoms with E-state index in [0.29, 0.717) is 6.54 Å². The summed E-state index contributed by atoms with van der Waals surface area (Å²) in [5.74, 6) is 1.03. The van der Waals surface area contributed by atoms with Gasteiger partial charge in [0.2, 0.25) is 0 Å². The van der Waals surface area contributed by atoms with E-state index in [0.717, 1.165) is 55.9 Å². The summed E-state index contributed by atoms with van der Waals surface area (Å²) in [6, 6.07) is 10.7. The molecule has 27 heavy (non-hydrogen) atoms. The molecule has 0 unspecified atom stereocenters. The zero-order valence-electron chi connectivity index (χ0n) is 16.4. The summed E-state index contributed by atoms with van der Waals surface area (Å²) in [7, 11) is 0. The normalized spacial score (nSPS) is 15.5. The van der Waals surface area contributed by atoms with E-state index in [-0.39, 0.29) is 24.0 Å². The van der Waals surface area contributed by atoms with Gasteiger partial charge >= 0.3 is 0 Å². The number of hydrogen-bond acceptors (Lipinski definition) is 4. The maximum atomic E-state index is 4.87. The van der Waals surface area contributed by atoms with Gasteiger partial charge in [-0.3, -0.25) is 4.90 Å². The van der Waals surface area contributed by atoms with Gasteiger partial charge < -0.3 is 10.2 Å². The highest BCUT2D eigenvalue weighted by Crippen LogP contribution is 2.18. The van der Waals surface area contributed by atoms with E-state index in [1.807, 2.05) is 0 Å². The van der Waals surface area contributed by atoms with Crippen LogP contribution in [0.25, 0.3) is 0 Å². The molecule has 0 amide bonds. The van der Waals surface area contributed by atoms with Crippen molar-refractivity contribution in [2.45, 2.75) is 33.9 Å². The van der Waals surface area contributed by atoms with Crippen LogP contribution in [-0.2, 0) is 13.1 Å². The fourth-order valence-corrected chi connectivity index (χ4v) is 4.11. The van der Waals surface area contributed by atoms with Crippen LogP contribution in [-0.4, -0.2) is 53.5 Å². The van der Waals surface area contributed by atoms with E-state index < -0.39 is 0 Å². The molecule has 0 atom stereocenters. The minimum Gasteiger partial charge on any atom is -0.357 e. The Hall–Kier alpha value is -1.19. The molecule has 1 aliphatic heterocycles. The monoisotopic (exact) mass is 499 g/mol. The number of hydrogen-bond donors (Lipinski definition) is 1. The largest absolute Gasteiger partial charge is 0.357 e. The summed E-state index contributed by atoms with van der Waals surface area (Å²) in [4.78, 5) is 15.5. The molecule has 7 heteroatoms. The third-order valence-electron chi connectivity index (χ3n) is 4.63. The third kappa shape index (κ3) is 6.43. The summed E-state index contributed by atoms with van der Waals surface area (Å²) in [6.07, 6.45) is 0. The Morgan fingerprint density at radius 2 is 1.85 bits per heavy atom. The number of aromatic nitrogens is 1. The van der Waals surface area contributed by atoms with Gasteiger partial charge in [0.05, 0.1) is 17.2 Å². The van der Waals surface area contributed by atoms with Crippen molar-refractivity contribution in [2.75, 3.05) is 32.7 Å². The molecule has 1 aliphatic rings. The zero-order valence-corrected chi connectivity index (χ0v) is 19.6. The van der Waals surface area contributed by atoms with Gasteiger partial charge in [0.15, 0.2) is 5.96 Å². The van der Waals surface area contributed by atoms with Crippen molar-refractivity contribution in [1.82, 2.24) is 20.1 Å². The second-order valence-corrected chi connectivity index (χ2v) is 7.95. The van der Waals surface area contributed by atoms with Crippen molar-refractivity contribution in [3.63, 3.8) is 0 Å². The Labute approximate surface area is 183 Å². The van der Waals surface area contributed by atoms with E-state index in [9.17, 15) is 0 Å². The second-order valence-electron chi connectivity index (χ2n) is 6.66. The van der Waals surface area contributed by atoms with E-state index in [2.05, 4.69) is 71.2 Å². The lowest BCUT2D eigenvalue weighted by Crippen LogP contribution is -2.52. The molecule has 1 N–H and O–H groups in total. The Kier molecular flexibility index (Phi) is 8.98. The number of nitrogens with zero attached hydrogens (tertiary/aromatic N) is 4. The SMILES string of the molecule is CCNC(=NCc1sc(C)nc1C)N1CCN(Cc2ccccc2)CC1.I. The molecule has 5 nitrogen and oxygen atoms in total. The van der Waals surface area contributed by atoms with Crippen LogP contribution in [0.1, 0.15) is 28.1 Å². The highest BCUT2D eigenvalue weighted by atomic mass is 127. The van der Waals surface area contributed by atoms with E-state index in [1.54, 1.807) is 11.3 Å². The van der Waals surface area contributed by atoms with Gasteiger partial charge in [0.25, 0.3) is 0 Å². The first-order valence-electron chi connectivity index (χ1n) is 9.38. The molecule has 0 spiro atoms. The predicted molar refractivity (Wildman–Crippen MR) is 125 cm³/mol. The first-order chi connectivity index (χ1) is 12.7. The summed E-state index contributed by atoms with van der Waals surface area (Å²) in [6.45, 7) is 13.1. The number of aliphatic imine (C=N–C) groups is 1. The fraction of sp³-hybridized carbons (Fsp3) is 0.500. The van der Waals surface area contributed by atoms with Gasteiger partial charge in [-0.2, -0.15) is 0 Å². The highest BCUT2D eigenvalue weighted by Gasteiger charge is 2.19. The number of benzene rings is 1. The minimum absolute atomic E-state index is 0. The average Bonchev–Trinajstić information content (AvgIpc) is 2.97. The summed E-state index contributed by atoms with van der Waals surface area (Å²) < 4.78 is 0. The standard InChI is InChI=1S/C20H29N5S.HI/c1-4-21-20(22-14-19-16(2)23-17(3)26-19)25-12-10-24(11-13-25)15-18-8-6-5-7-9-18;/h5-9H,4,10-15H2,1-3H3,(H,21,22);1H. The molecule has 0 aliphatic carbocycles. The lowest BCUT2D eigenvalue weighted by Gasteiger charge is -2.36. The number of rotatable bonds is 5.